The summed E-state index contributed by atoms with van der Waals surface area (Å²) >= 11 is 0. The maximum absolute atomic E-state index is 11.6. The van der Waals surface area contributed by atoms with Gasteiger partial charge in [-0.05, 0) is 32.9 Å². The van der Waals surface area contributed by atoms with Crippen LogP contribution in [0.25, 0.3) is 0 Å². The standard InChI is InChI=1S/C11H15N3O3/c1-11(2,3)17-10(16)8-5-4-7(6-13-8)9(15)14-12/h4-6H,12H2,1-3H3,(H,14,15). The van der Waals surface area contributed by atoms with Crippen LogP contribution in [0, 0.1) is 0 Å². The molecule has 6 nitrogen and oxygen atoms in total. The SMILES string of the molecule is CC(C)(C)OC(=O)c1ccc(C(=O)NN)cn1. The molecule has 0 aromatic carbocycles. The molecule has 3 N–H and O–H groups in total. The molecule has 0 fully saturated rings. The zero-order chi connectivity index (χ0) is 13.1. The monoisotopic (exact) mass is 237 g/mol. The van der Waals surface area contributed by atoms with Crippen molar-refractivity contribution < 1.29 is 14.3 Å². The Morgan fingerprint density at radius 1 is 1.35 bits per heavy atom. The molecule has 1 aromatic rings. The van der Waals surface area contributed by atoms with Crippen LogP contribution in [0.15, 0.2) is 18.3 Å². The Morgan fingerprint density at radius 2 is 2.00 bits per heavy atom. The van der Waals surface area contributed by atoms with Crippen molar-refractivity contribution in [3.8, 4) is 0 Å². The lowest BCUT2D eigenvalue weighted by molar-refractivity contribution is 0.00626. The molecule has 0 radical (unpaired) electrons. The lowest BCUT2D eigenvalue weighted by Gasteiger charge is -2.18. The smallest absolute Gasteiger partial charge is 0.357 e. The maximum Gasteiger partial charge on any atom is 0.357 e. The molecule has 0 unspecified atom stereocenters. The molecule has 1 heterocycles. The molecule has 1 aromatic heterocycles. The third-order valence-electron chi connectivity index (χ3n) is 1.76. The minimum absolute atomic E-state index is 0.147. The van der Waals surface area contributed by atoms with Gasteiger partial charge in [-0.3, -0.25) is 10.2 Å². The molecule has 0 aliphatic carbocycles. The average Bonchev–Trinajstić information content (AvgIpc) is 2.26. The second-order valence-corrected chi connectivity index (χ2v) is 4.41. The predicted molar refractivity (Wildman–Crippen MR) is 61.1 cm³/mol. The molecule has 0 spiro atoms. The summed E-state index contributed by atoms with van der Waals surface area (Å²) in [6.07, 6.45) is 1.27. The number of hydrogen-bond donors (Lipinski definition) is 2. The van der Waals surface area contributed by atoms with E-state index in [1.165, 1.54) is 18.3 Å². The molecule has 6 heteroatoms. The van der Waals surface area contributed by atoms with E-state index in [0.29, 0.717) is 0 Å². The highest BCUT2D eigenvalue weighted by atomic mass is 16.6. The van der Waals surface area contributed by atoms with Crippen LogP contribution in [0.3, 0.4) is 0 Å². The molecule has 1 amide bonds. The van der Waals surface area contributed by atoms with Gasteiger partial charge in [0.2, 0.25) is 0 Å². The molecule has 0 aliphatic rings. The number of amides is 1. The van der Waals surface area contributed by atoms with E-state index in [4.69, 9.17) is 10.6 Å². The molecule has 17 heavy (non-hydrogen) atoms. The number of aromatic nitrogens is 1. The normalized spacial score (nSPS) is 10.8. The summed E-state index contributed by atoms with van der Waals surface area (Å²) in [6.45, 7) is 5.30. The van der Waals surface area contributed by atoms with Gasteiger partial charge in [0.05, 0.1) is 5.56 Å². The first-order valence-electron chi connectivity index (χ1n) is 5.04. The van der Waals surface area contributed by atoms with Gasteiger partial charge in [0.15, 0.2) is 0 Å². The third-order valence-corrected chi connectivity index (χ3v) is 1.76. The number of pyridine rings is 1. The van der Waals surface area contributed by atoms with Crippen LogP contribution >= 0.6 is 0 Å². The van der Waals surface area contributed by atoms with E-state index in [9.17, 15) is 9.59 Å². The minimum atomic E-state index is -0.577. The second kappa shape index (κ2) is 4.92. The largest absolute Gasteiger partial charge is 0.455 e. The van der Waals surface area contributed by atoms with Crippen molar-refractivity contribution >= 4 is 11.9 Å². The predicted octanol–water partition coefficient (Wildman–Crippen LogP) is 0.640. The maximum atomic E-state index is 11.6. The molecule has 0 atom stereocenters. The van der Waals surface area contributed by atoms with Gasteiger partial charge in [-0.1, -0.05) is 0 Å². The molecule has 0 aliphatic heterocycles. The number of rotatable bonds is 2. The van der Waals surface area contributed by atoms with Crippen LogP contribution in [-0.4, -0.2) is 22.5 Å². The van der Waals surface area contributed by atoms with Crippen molar-refractivity contribution in [2.75, 3.05) is 0 Å². The summed E-state index contributed by atoms with van der Waals surface area (Å²) in [5.41, 5.74) is 1.82. The van der Waals surface area contributed by atoms with Crippen molar-refractivity contribution in [1.82, 2.24) is 10.4 Å². The summed E-state index contributed by atoms with van der Waals surface area (Å²) in [7, 11) is 0. The number of hydrazine groups is 1. The lowest BCUT2D eigenvalue weighted by atomic mass is 10.2. The summed E-state index contributed by atoms with van der Waals surface area (Å²) < 4.78 is 5.12. The number of carbonyl (C=O) groups is 2. The highest BCUT2D eigenvalue weighted by Gasteiger charge is 2.19. The fourth-order valence-corrected chi connectivity index (χ4v) is 1.06. The molecule has 0 saturated carbocycles. The summed E-state index contributed by atoms with van der Waals surface area (Å²) in [6, 6.07) is 2.87. The van der Waals surface area contributed by atoms with Crippen LogP contribution in [-0.2, 0) is 4.74 Å². The minimum Gasteiger partial charge on any atom is -0.455 e. The number of nitrogen functional groups attached to an aromatic ring is 1. The van der Waals surface area contributed by atoms with Crippen LogP contribution in [0.1, 0.15) is 41.6 Å². The zero-order valence-electron chi connectivity index (χ0n) is 9.98. The highest BCUT2D eigenvalue weighted by molar-refractivity contribution is 5.94. The molecule has 0 saturated heterocycles. The number of hydrogen-bond acceptors (Lipinski definition) is 5. The third kappa shape index (κ3) is 3.84. The van der Waals surface area contributed by atoms with Crippen molar-refractivity contribution in [3.05, 3.63) is 29.6 Å². The van der Waals surface area contributed by atoms with Gasteiger partial charge < -0.3 is 4.74 Å². The molecular formula is C11H15N3O3. The Hall–Kier alpha value is -1.95. The van der Waals surface area contributed by atoms with Crippen LogP contribution in [0.5, 0.6) is 0 Å². The van der Waals surface area contributed by atoms with Crippen LogP contribution in [0.2, 0.25) is 0 Å². The summed E-state index contributed by atoms with van der Waals surface area (Å²) in [5.74, 6) is 3.97. The fraction of sp³-hybridized carbons (Fsp3) is 0.364. The van der Waals surface area contributed by atoms with E-state index < -0.39 is 17.5 Å². The first kappa shape index (κ1) is 13.1. The van der Waals surface area contributed by atoms with Crippen molar-refractivity contribution in [1.29, 1.82) is 0 Å². The zero-order valence-corrected chi connectivity index (χ0v) is 9.98. The van der Waals surface area contributed by atoms with Crippen molar-refractivity contribution in [2.24, 2.45) is 5.84 Å². The van der Waals surface area contributed by atoms with E-state index in [-0.39, 0.29) is 11.3 Å². The van der Waals surface area contributed by atoms with Gasteiger partial charge >= 0.3 is 5.97 Å². The van der Waals surface area contributed by atoms with Crippen molar-refractivity contribution in [2.45, 2.75) is 26.4 Å². The van der Waals surface area contributed by atoms with Gasteiger partial charge in [-0.15, -0.1) is 0 Å². The van der Waals surface area contributed by atoms with Crippen LogP contribution < -0.4 is 11.3 Å². The van der Waals surface area contributed by atoms with Crippen molar-refractivity contribution in [3.63, 3.8) is 0 Å². The van der Waals surface area contributed by atoms with Gasteiger partial charge in [-0.2, -0.15) is 0 Å². The molecule has 0 bridgehead atoms. The summed E-state index contributed by atoms with van der Waals surface area (Å²) in [4.78, 5) is 26.6. The van der Waals surface area contributed by atoms with E-state index in [1.807, 2.05) is 5.43 Å². The van der Waals surface area contributed by atoms with Crippen LogP contribution in [0.4, 0.5) is 0 Å². The number of esters is 1. The number of nitrogens with two attached hydrogens (primary N) is 1. The quantitative estimate of drug-likeness (QED) is 0.340. The Balaban J connectivity index is 2.81. The first-order valence-corrected chi connectivity index (χ1v) is 5.04. The Labute approximate surface area is 99.1 Å². The van der Waals surface area contributed by atoms with E-state index in [1.54, 1.807) is 20.8 Å². The van der Waals surface area contributed by atoms with Gasteiger partial charge in [0.25, 0.3) is 5.91 Å². The lowest BCUT2D eigenvalue weighted by Crippen LogP contribution is -2.30. The Morgan fingerprint density at radius 3 is 2.41 bits per heavy atom. The Bertz CT molecular complexity index is 421. The molecular weight excluding hydrogens is 222 g/mol. The fourth-order valence-electron chi connectivity index (χ4n) is 1.06. The van der Waals surface area contributed by atoms with Gasteiger partial charge in [-0.25, -0.2) is 15.6 Å². The van der Waals surface area contributed by atoms with E-state index in [0.717, 1.165) is 0 Å². The van der Waals surface area contributed by atoms with Gasteiger partial charge in [0.1, 0.15) is 11.3 Å². The molecule has 1 rings (SSSR count). The average molecular weight is 237 g/mol. The highest BCUT2D eigenvalue weighted by Crippen LogP contribution is 2.11. The Kier molecular flexibility index (Phi) is 3.80. The van der Waals surface area contributed by atoms with Gasteiger partial charge in [0, 0.05) is 6.20 Å². The summed E-state index contributed by atoms with van der Waals surface area (Å²) in [5, 5.41) is 0. The number of ether oxygens (including phenoxy) is 1. The molecule has 92 valence electrons. The first-order chi connectivity index (χ1) is 7.83. The topological polar surface area (TPSA) is 94.3 Å². The van der Waals surface area contributed by atoms with E-state index in [2.05, 4.69) is 4.98 Å². The van der Waals surface area contributed by atoms with E-state index >= 15 is 0 Å². The number of nitrogens with zero attached hydrogens (tertiary/aromatic N) is 1. The number of carbonyl (C=O) groups excluding carboxylic acids is 2. The number of nitrogens with one attached hydrogen (secondary N) is 1. The second-order valence-electron chi connectivity index (χ2n) is 4.41.